The Morgan fingerprint density at radius 2 is 1.79 bits per heavy atom. The molecule has 1 aromatic carbocycles. The highest BCUT2D eigenvalue weighted by atomic mass is 19.1. The van der Waals surface area contributed by atoms with Gasteiger partial charge >= 0.3 is 6.03 Å². The fourth-order valence-electron chi connectivity index (χ4n) is 2.55. The van der Waals surface area contributed by atoms with Gasteiger partial charge in [0.2, 0.25) is 0 Å². The highest BCUT2D eigenvalue weighted by molar-refractivity contribution is 5.89. The average molecular weight is 341 g/mol. The zero-order chi connectivity index (χ0) is 17.9. The molecule has 24 heavy (non-hydrogen) atoms. The number of carbonyl (C=O) groups is 1. The molecule has 1 unspecified atom stereocenters. The van der Waals surface area contributed by atoms with Crippen molar-refractivity contribution in [2.24, 2.45) is 5.41 Å². The number of urea groups is 1. The van der Waals surface area contributed by atoms with E-state index in [0.717, 1.165) is 25.0 Å². The van der Waals surface area contributed by atoms with Crippen LogP contribution < -0.4 is 15.5 Å². The van der Waals surface area contributed by atoms with Crippen molar-refractivity contribution in [3.63, 3.8) is 0 Å². The van der Waals surface area contributed by atoms with E-state index in [1.165, 1.54) is 0 Å². The van der Waals surface area contributed by atoms with E-state index in [1.807, 2.05) is 20.8 Å². The van der Waals surface area contributed by atoms with Gasteiger partial charge in [-0.25, -0.2) is 13.6 Å². The minimum absolute atomic E-state index is 0.0377. The van der Waals surface area contributed by atoms with Gasteiger partial charge in [-0.15, -0.1) is 0 Å². The molecule has 0 bridgehead atoms. The molecule has 1 atom stereocenters. The van der Waals surface area contributed by atoms with Crippen molar-refractivity contribution >= 4 is 17.4 Å². The second-order valence-electron chi connectivity index (χ2n) is 7.20. The summed E-state index contributed by atoms with van der Waals surface area (Å²) in [5.74, 6) is -1.39. The Kier molecular flexibility index (Phi) is 5.64. The van der Waals surface area contributed by atoms with Crippen LogP contribution in [0.5, 0.6) is 0 Å². The first-order chi connectivity index (χ1) is 11.2. The van der Waals surface area contributed by atoms with Crippen LogP contribution in [0.4, 0.5) is 25.0 Å². The summed E-state index contributed by atoms with van der Waals surface area (Å²) in [7, 11) is 0. The van der Waals surface area contributed by atoms with Gasteiger partial charge in [-0.2, -0.15) is 0 Å². The second-order valence-corrected chi connectivity index (χ2v) is 7.20. The van der Waals surface area contributed by atoms with Gasteiger partial charge < -0.3 is 20.6 Å². The van der Waals surface area contributed by atoms with Gasteiger partial charge in [0, 0.05) is 25.3 Å². The van der Waals surface area contributed by atoms with Crippen LogP contribution in [0.15, 0.2) is 12.1 Å². The van der Waals surface area contributed by atoms with E-state index in [9.17, 15) is 18.7 Å². The quantitative estimate of drug-likeness (QED) is 0.788. The lowest BCUT2D eigenvalue weighted by Crippen LogP contribution is -2.40. The fourth-order valence-corrected chi connectivity index (χ4v) is 2.55. The molecule has 5 nitrogen and oxygen atoms in total. The number of nitrogens with zero attached hydrogens (tertiary/aromatic N) is 1. The molecule has 1 heterocycles. The summed E-state index contributed by atoms with van der Waals surface area (Å²) >= 11 is 0. The van der Waals surface area contributed by atoms with E-state index in [2.05, 4.69) is 10.6 Å². The Hall–Kier alpha value is -1.89. The van der Waals surface area contributed by atoms with E-state index in [4.69, 9.17) is 0 Å². The first kappa shape index (κ1) is 18.4. The van der Waals surface area contributed by atoms with Crippen molar-refractivity contribution in [1.82, 2.24) is 5.32 Å². The monoisotopic (exact) mass is 341 g/mol. The molecule has 0 spiro atoms. The Morgan fingerprint density at radius 1 is 1.25 bits per heavy atom. The molecule has 0 aromatic heterocycles. The van der Waals surface area contributed by atoms with Crippen LogP contribution in [0, 0.1) is 17.0 Å². The van der Waals surface area contributed by atoms with Gasteiger partial charge in [0.25, 0.3) is 0 Å². The topological polar surface area (TPSA) is 64.6 Å². The fraction of sp³-hybridized carbons (Fsp3) is 0.588. The maximum atomic E-state index is 14.2. The van der Waals surface area contributed by atoms with Crippen molar-refractivity contribution in [3.05, 3.63) is 23.8 Å². The van der Waals surface area contributed by atoms with Crippen molar-refractivity contribution in [1.29, 1.82) is 0 Å². The summed E-state index contributed by atoms with van der Waals surface area (Å²) < 4.78 is 28.4. The maximum absolute atomic E-state index is 14.2. The van der Waals surface area contributed by atoms with Gasteiger partial charge in [-0.3, -0.25) is 0 Å². The highest BCUT2D eigenvalue weighted by Crippen LogP contribution is 2.29. The van der Waals surface area contributed by atoms with Gasteiger partial charge in [0.15, 0.2) is 11.6 Å². The van der Waals surface area contributed by atoms with Crippen LogP contribution >= 0.6 is 0 Å². The van der Waals surface area contributed by atoms with Gasteiger partial charge in [0.1, 0.15) is 5.69 Å². The predicted octanol–water partition coefficient (Wildman–Crippen LogP) is 3.09. The van der Waals surface area contributed by atoms with Gasteiger partial charge in [0.05, 0.1) is 6.10 Å². The van der Waals surface area contributed by atoms with Crippen LogP contribution in [0.3, 0.4) is 0 Å². The molecule has 3 N–H and O–H groups in total. The lowest BCUT2D eigenvalue weighted by atomic mass is 9.89. The minimum Gasteiger partial charge on any atom is -0.391 e. The number of aliphatic hydroxyl groups excluding tert-OH is 1. The van der Waals surface area contributed by atoms with Gasteiger partial charge in [-0.1, -0.05) is 20.8 Å². The number of aliphatic hydroxyl groups is 1. The zero-order valence-electron chi connectivity index (χ0n) is 14.3. The lowest BCUT2D eigenvalue weighted by molar-refractivity contribution is 0.0654. The average Bonchev–Trinajstić information content (AvgIpc) is 2.96. The molecule has 0 radical (unpaired) electrons. The summed E-state index contributed by atoms with van der Waals surface area (Å²) in [6.07, 6.45) is 1.10. The Labute approximate surface area is 141 Å². The molecule has 1 fully saturated rings. The minimum atomic E-state index is -0.728. The first-order valence-corrected chi connectivity index (χ1v) is 8.15. The van der Waals surface area contributed by atoms with Crippen molar-refractivity contribution in [2.75, 3.05) is 29.9 Å². The van der Waals surface area contributed by atoms with E-state index in [1.54, 1.807) is 4.90 Å². The van der Waals surface area contributed by atoms with Crippen molar-refractivity contribution < 1.29 is 18.7 Å². The molecular weight excluding hydrogens is 316 g/mol. The summed E-state index contributed by atoms with van der Waals surface area (Å²) in [6, 6.07) is 1.60. The first-order valence-electron chi connectivity index (χ1n) is 8.15. The molecular formula is C17H25F2N3O2. The Balaban J connectivity index is 1.99. The number of nitrogens with one attached hydrogen (secondary N) is 2. The smallest absolute Gasteiger partial charge is 0.319 e. The Bertz CT molecular complexity index is 573. The summed E-state index contributed by atoms with van der Waals surface area (Å²) in [5, 5.41) is 14.8. The predicted molar refractivity (Wildman–Crippen MR) is 90.3 cm³/mol. The molecule has 1 aliphatic rings. The number of anilines is 2. The van der Waals surface area contributed by atoms with E-state index in [0.29, 0.717) is 13.1 Å². The molecule has 0 saturated carbocycles. The van der Waals surface area contributed by atoms with Crippen LogP contribution in [0.25, 0.3) is 0 Å². The molecule has 2 amide bonds. The van der Waals surface area contributed by atoms with E-state index in [-0.39, 0.29) is 23.3 Å². The number of amides is 2. The summed E-state index contributed by atoms with van der Waals surface area (Å²) in [6.45, 7) is 6.85. The van der Waals surface area contributed by atoms with Crippen LogP contribution in [0.1, 0.15) is 33.6 Å². The number of rotatable bonds is 4. The SMILES string of the molecule is CC(C)(C)C(O)CNC(=O)Nc1cc(F)c(N2CCCC2)c(F)c1. The standard InChI is InChI=1S/C17H25F2N3O2/c1-17(2,3)14(23)10-20-16(24)21-11-8-12(18)15(13(19)9-11)22-6-4-5-7-22/h8-9,14,23H,4-7,10H2,1-3H3,(H2,20,21,24). The zero-order valence-corrected chi connectivity index (χ0v) is 14.3. The van der Waals surface area contributed by atoms with Crippen molar-refractivity contribution in [2.45, 2.75) is 39.7 Å². The van der Waals surface area contributed by atoms with E-state index >= 15 is 0 Å². The summed E-state index contributed by atoms with van der Waals surface area (Å²) in [4.78, 5) is 13.5. The number of hydrogen-bond acceptors (Lipinski definition) is 3. The third-order valence-electron chi connectivity index (χ3n) is 4.15. The van der Waals surface area contributed by atoms with E-state index < -0.39 is 23.8 Å². The van der Waals surface area contributed by atoms with Gasteiger partial charge in [-0.05, 0) is 30.4 Å². The lowest BCUT2D eigenvalue weighted by Gasteiger charge is -2.26. The number of benzene rings is 1. The third kappa shape index (κ3) is 4.56. The molecule has 0 aliphatic carbocycles. The molecule has 1 aromatic rings. The normalized spacial score (nSPS) is 16.2. The number of halogens is 2. The molecule has 134 valence electrons. The molecule has 1 aliphatic heterocycles. The van der Waals surface area contributed by atoms with Crippen LogP contribution in [0.2, 0.25) is 0 Å². The third-order valence-corrected chi connectivity index (χ3v) is 4.15. The van der Waals surface area contributed by atoms with Crippen LogP contribution in [-0.4, -0.2) is 36.9 Å². The molecule has 1 saturated heterocycles. The number of carbonyl (C=O) groups excluding carboxylic acids is 1. The largest absolute Gasteiger partial charge is 0.391 e. The maximum Gasteiger partial charge on any atom is 0.319 e. The summed E-state index contributed by atoms with van der Waals surface area (Å²) in [5.41, 5.74) is -0.375. The molecule has 2 rings (SSSR count). The van der Waals surface area contributed by atoms with Crippen molar-refractivity contribution in [3.8, 4) is 0 Å². The second kappa shape index (κ2) is 7.34. The number of hydrogen-bond donors (Lipinski definition) is 3. The molecule has 7 heteroatoms. The van der Waals surface area contributed by atoms with Crippen LogP contribution in [-0.2, 0) is 0 Å². The Morgan fingerprint density at radius 3 is 2.29 bits per heavy atom. The highest BCUT2D eigenvalue weighted by Gasteiger charge is 2.23.